The average molecular weight is 617 g/mol. The molecule has 0 unspecified atom stereocenters. The van der Waals surface area contributed by atoms with Gasteiger partial charge in [-0.05, 0) is 72.6 Å². The van der Waals surface area contributed by atoms with E-state index in [1.165, 1.54) is 5.56 Å². The highest BCUT2D eigenvalue weighted by Crippen LogP contribution is 2.37. The first-order valence-electron chi connectivity index (χ1n) is 15.3. The number of carbonyl (C=O) groups excluding carboxylic acids is 1. The maximum atomic E-state index is 12.0. The second-order valence-electron chi connectivity index (χ2n) is 10.1. The summed E-state index contributed by atoms with van der Waals surface area (Å²) in [5.41, 5.74) is 1.26. The summed E-state index contributed by atoms with van der Waals surface area (Å²) in [6.07, 6.45) is 1.93. The van der Waals surface area contributed by atoms with E-state index >= 15 is 0 Å². The van der Waals surface area contributed by atoms with E-state index in [9.17, 15) is 4.79 Å². The Morgan fingerprint density at radius 3 is 1.80 bits per heavy atom. The van der Waals surface area contributed by atoms with E-state index in [4.69, 9.17) is 27.8 Å². The Balaban J connectivity index is 2.56. The molecule has 1 aromatic carbocycles. The van der Waals surface area contributed by atoms with Gasteiger partial charge in [-0.15, -0.1) is 0 Å². The fraction of sp³-hybridized carbons (Fsp3) is 0.767. The standard InChI is InChI=1S/C30H56O7SSi2/c1-8-39(9-2,10-3)36-28-17-16-27(25-29(28)37-40(11-4,12-5)13-6)15-14-24-38-26-30(31)35-23-22-34-21-20-33-19-18-32-7/h16-17,25H,8-15,18-24,26H2,1-7H3. The quantitative estimate of drug-likeness (QED) is 0.0642. The van der Waals surface area contributed by atoms with E-state index in [2.05, 4.69) is 59.7 Å². The zero-order chi connectivity index (χ0) is 29.7. The van der Waals surface area contributed by atoms with Crippen molar-refractivity contribution in [3.05, 3.63) is 23.8 Å². The summed E-state index contributed by atoms with van der Waals surface area (Å²) in [4.78, 5) is 12.0. The summed E-state index contributed by atoms with van der Waals surface area (Å²) in [6.45, 7) is 16.4. The molecule has 1 aromatic rings. The van der Waals surface area contributed by atoms with Gasteiger partial charge in [-0.25, -0.2) is 0 Å². The molecule has 7 nitrogen and oxygen atoms in total. The fourth-order valence-electron chi connectivity index (χ4n) is 4.53. The topological polar surface area (TPSA) is 72.5 Å². The molecule has 0 spiro atoms. The fourth-order valence-corrected chi connectivity index (χ4v) is 10.4. The number of thioether (sulfide) groups is 1. The largest absolute Gasteiger partial charge is 0.541 e. The molecule has 0 bridgehead atoms. The Morgan fingerprint density at radius 2 is 1.25 bits per heavy atom. The van der Waals surface area contributed by atoms with E-state index in [1.54, 1.807) is 18.9 Å². The number of methoxy groups -OCH3 is 1. The minimum Gasteiger partial charge on any atom is -0.541 e. The van der Waals surface area contributed by atoms with Crippen molar-refractivity contribution < 1.29 is 32.6 Å². The average Bonchev–Trinajstić information content (AvgIpc) is 2.98. The molecule has 0 N–H and O–H groups in total. The van der Waals surface area contributed by atoms with E-state index < -0.39 is 16.6 Å². The van der Waals surface area contributed by atoms with Crippen LogP contribution in [0.3, 0.4) is 0 Å². The molecule has 0 aliphatic carbocycles. The maximum absolute atomic E-state index is 12.0. The number of esters is 1. The lowest BCUT2D eigenvalue weighted by atomic mass is 10.1. The third kappa shape index (κ3) is 13.7. The van der Waals surface area contributed by atoms with Crippen molar-refractivity contribution in [2.24, 2.45) is 0 Å². The molecule has 0 radical (unpaired) electrons. The van der Waals surface area contributed by atoms with Crippen LogP contribution < -0.4 is 8.85 Å². The number of aryl methyl sites for hydroxylation is 1. The molecule has 10 heteroatoms. The minimum absolute atomic E-state index is 0.197. The third-order valence-electron chi connectivity index (χ3n) is 7.80. The van der Waals surface area contributed by atoms with E-state index in [1.807, 2.05) is 0 Å². The monoisotopic (exact) mass is 616 g/mol. The lowest BCUT2D eigenvalue weighted by Crippen LogP contribution is -2.41. The lowest BCUT2D eigenvalue weighted by Gasteiger charge is -2.34. The van der Waals surface area contributed by atoms with Gasteiger partial charge in [-0.1, -0.05) is 47.6 Å². The first-order chi connectivity index (χ1) is 19.4. The van der Waals surface area contributed by atoms with Crippen LogP contribution in [0.2, 0.25) is 36.3 Å². The van der Waals surface area contributed by atoms with Gasteiger partial charge in [0.25, 0.3) is 16.6 Å². The van der Waals surface area contributed by atoms with Gasteiger partial charge in [0.1, 0.15) is 18.1 Å². The molecule has 0 saturated carbocycles. The highest BCUT2D eigenvalue weighted by molar-refractivity contribution is 7.99. The van der Waals surface area contributed by atoms with Crippen LogP contribution in [0.25, 0.3) is 0 Å². The smallest absolute Gasteiger partial charge is 0.315 e. The number of ether oxygens (including phenoxy) is 4. The van der Waals surface area contributed by atoms with Gasteiger partial charge in [0, 0.05) is 7.11 Å². The number of benzene rings is 1. The number of carbonyl (C=O) groups is 1. The van der Waals surface area contributed by atoms with Crippen LogP contribution in [0.15, 0.2) is 18.2 Å². The normalized spacial score (nSPS) is 12.0. The molecule has 40 heavy (non-hydrogen) atoms. The SMILES string of the molecule is CC[Si](CC)(CC)Oc1ccc(CCCSCC(=O)OCCOCCOCCOC)cc1O[Si](CC)(CC)CC. The van der Waals surface area contributed by atoms with Crippen LogP contribution >= 0.6 is 11.8 Å². The van der Waals surface area contributed by atoms with Crippen LogP contribution in [0.4, 0.5) is 0 Å². The van der Waals surface area contributed by atoms with Gasteiger partial charge in [0.05, 0.1) is 38.8 Å². The summed E-state index contributed by atoms with van der Waals surface area (Å²) >= 11 is 1.61. The Kier molecular flexibility index (Phi) is 20.0. The molecule has 0 atom stereocenters. The van der Waals surface area contributed by atoms with Gasteiger partial charge in [0.15, 0.2) is 0 Å². The number of hydrogen-bond donors (Lipinski definition) is 0. The summed E-state index contributed by atoms with van der Waals surface area (Å²) < 4.78 is 34.6. The molecule has 0 fully saturated rings. The predicted octanol–water partition coefficient (Wildman–Crippen LogP) is 7.34. The van der Waals surface area contributed by atoms with Crippen LogP contribution in [-0.2, 0) is 30.2 Å². The van der Waals surface area contributed by atoms with Gasteiger partial charge >= 0.3 is 5.97 Å². The molecule has 1 rings (SSSR count). The molecule has 232 valence electrons. The Bertz CT molecular complexity index is 788. The van der Waals surface area contributed by atoms with Gasteiger partial charge in [0.2, 0.25) is 0 Å². The van der Waals surface area contributed by atoms with E-state index in [0.717, 1.165) is 66.4 Å². The third-order valence-corrected chi connectivity index (χ3v) is 17.9. The first kappa shape index (κ1) is 37.0. The molecule has 0 aromatic heterocycles. The second kappa shape index (κ2) is 21.6. The van der Waals surface area contributed by atoms with Crippen molar-refractivity contribution in [1.29, 1.82) is 0 Å². The molecular weight excluding hydrogens is 561 g/mol. The highest BCUT2D eigenvalue weighted by Gasteiger charge is 2.35. The van der Waals surface area contributed by atoms with Crippen molar-refractivity contribution in [2.45, 2.75) is 90.6 Å². The number of rotatable bonds is 25. The Morgan fingerprint density at radius 1 is 0.725 bits per heavy atom. The lowest BCUT2D eigenvalue weighted by molar-refractivity contribution is -0.142. The van der Waals surface area contributed by atoms with E-state index in [-0.39, 0.29) is 12.6 Å². The van der Waals surface area contributed by atoms with Crippen molar-refractivity contribution in [3.63, 3.8) is 0 Å². The van der Waals surface area contributed by atoms with Crippen LogP contribution in [0.5, 0.6) is 11.5 Å². The van der Waals surface area contributed by atoms with E-state index in [0.29, 0.717) is 38.8 Å². The Hall–Kier alpha value is -1.05. The van der Waals surface area contributed by atoms with Crippen molar-refractivity contribution in [3.8, 4) is 11.5 Å². The highest BCUT2D eigenvalue weighted by atomic mass is 32.2. The zero-order valence-corrected chi connectivity index (χ0v) is 29.1. The van der Waals surface area contributed by atoms with Crippen molar-refractivity contribution in [2.75, 3.05) is 58.3 Å². The summed E-state index contributed by atoms with van der Waals surface area (Å²) in [5.74, 6) is 2.94. The summed E-state index contributed by atoms with van der Waals surface area (Å²) in [7, 11) is -2.01. The molecular formula is C30H56O7SSi2. The predicted molar refractivity (Wildman–Crippen MR) is 172 cm³/mol. The molecule has 0 aliphatic heterocycles. The molecule has 0 saturated heterocycles. The summed E-state index contributed by atoms with van der Waals surface area (Å²) in [5, 5.41) is 0. The van der Waals surface area contributed by atoms with Crippen LogP contribution in [-0.4, -0.2) is 80.9 Å². The van der Waals surface area contributed by atoms with Gasteiger partial charge < -0.3 is 27.8 Å². The van der Waals surface area contributed by atoms with Crippen molar-refractivity contribution in [1.82, 2.24) is 0 Å². The molecule has 0 aliphatic rings. The van der Waals surface area contributed by atoms with Gasteiger partial charge in [-0.2, -0.15) is 11.8 Å². The van der Waals surface area contributed by atoms with Crippen LogP contribution in [0, 0.1) is 0 Å². The van der Waals surface area contributed by atoms with Crippen molar-refractivity contribution >= 4 is 34.4 Å². The Labute approximate surface area is 250 Å². The van der Waals surface area contributed by atoms with Crippen LogP contribution in [0.1, 0.15) is 53.5 Å². The summed E-state index contributed by atoms with van der Waals surface area (Å²) in [6, 6.07) is 13.2. The molecule has 0 heterocycles. The molecule has 0 amide bonds. The second-order valence-corrected chi connectivity index (χ2v) is 20.6. The number of hydrogen-bond acceptors (Lipinski definition) is 8. The minimum atomic E-state index is -1.84. The first-order valence-corrected chi connectivity index (χ1v) is 21.5. The van der Waals surface area contributed by atoms with Gasteiger partial charge in [-0.3, -0.25) is 4.79 Å². The maximum Gasteiger partial charge on any atom is 0.315 e. The zero-order valence-electron chi connectivity index (χ0n) is 26.3.